The molecule has 1 fully saturated rings. The van der Waals surface area contributed by atoms with Crippen LogP contribution in [0.25, 0.3) is 22.0 Å². The van der Waals surface area contributed by atoms with Gasteiger partial charge in [0.05, 0.1) is 12.1 Å². The fourth-order valence-corrected chi connectivity index (χ4v) is 6.45. The van der Waals surface area contributed by atoms with E-state index in [1.54, 1.807) is 0 Å². The van der Waals surface area contributed by atoms with Crippen molar-refractivity contribution in [2.45, 2.75) is 63.1 Å². The average molecular weight is 522 g/mol. The van der Waals surface area contributed by atoms with Crippen LogP contribution in [0.5, 0.6) is 0 Å². The first-order chi connectivity index (χ1) is 19.1. The predicted molar refractivity (Wildman–Crippen MR) is 153 cm³/mol. The standard InChI is InChI=1S/C33H35N3O3/c37-32(36-29(33(38)39)19-21-15-17-23(18-16-21)22-9-3-1-4-10-22)28-20-26-25-13-7-8-14-27(25)34-31(26)30(35-28)24-11-5-2-6-12-24/h1,3-4,7-10,13-18,24,28-30,34-35H,2,5-6,11-12,19-20H2,(H,36,37)(H,38,39)/t28-,29?,30+/m1/s1. The maximum atomic E-state index is 13.6. The van der Waals surface area contributed by atoms with Gasteiger partial charge in [0.2, 0.25) is 5.91 Å². The second kappa shape index (κ2) is 11.1. The Morgan fingerprint density at radius 2 is 1.56 bits per heavy atom. The van der Waals surface area contributed by atoms with E-state index in [4.69, 9.17) is 0 Å². The SMILES string of the molecule is O=C(O)C(Cc1ccc(-c2ccccc2)cc1)NC(=O)[C@H]1Cc2c([nH]c3ccccc23)[C@H](C2CCCCC2)N1. The monoisotopic (exact) mass is 521 g/mol. The molecule has 4 N–H and O–H groups in total. The van der Waals surface area contributed by atoms with Gasteiger partial charge in [-0.15, -0.1) is 0 Å². The molecule has 1 saturated carbocycles. The van der Waals surface area contributed by atoms with E-state index < -0.39 is 18.1 Å². The molecule has 1 amide bonds. The molecule has 4 aromatic rings. The largest absolute Gasteiger partial charge is 0.480 e. The lowest BCUT2D eigenvalue weighted by molar-refractivity contribution is -0.142. The van der Waals surface area contributed by atoms with Gasteiger partial charge in [-0.1, -0.05) is 92.1 Å². The number of fused-ring (bicyclic) bond motifs is 3. The smallest absolute Gasteiger partial charge is 0.326 e. The number of hydrogen-bond acceptors (Lipinski definition) is 3. The molecule has 1 aromatic heterocycles. The van der Waals surface area contributed by atoms with Crippen molar-refractivity contribution in [3.05, 3.63) is 95.7 Å². The van der Waals surface area contributed by atoms with E-state index in [-0.39, 0.29) is 18.4 Å². The first-order valence-corrected chi connectivity index (χ1v) is 14.1. The van der Waals surface area contributed by atoms with E-state index in [2.05, 4.69) is 27.8 Å². The third-order valence-electron chi connectivity index (χ3n) is 8.50. The lowest BCUT2D eigenvalue weighted by atomic mass is 9.79. The number of aliphatic carboxylic acids is 1. The third kappa shape index (κ3) is 5.34. The highest BCUT2D eigenvalue weighted by atomic mass is 16.4. The number of carboxylic acids is 1. The fourth-order valence-electron chi connectivity index (χ4n) is 6.45. The van der Waals surface area contributed by atoms with Gasteiger partial charge >= 0.3 is 5.97 Å². The van der Waals surface area contributed by atoms with E-state index >= 15 is 0 Å². The number of rotatable bonds is 7. The van der Waals surface area contributed by atoms with Crippen molar-refractivity contribution in [1.82, 2.24) is 15.6 Å². The highest BCUT2D eigenvalue weighted by Crippen LogP contribution is 2.40. The van der Waals surface area contributed by atoms with Crippen molar-refractivity contribution in [3.8, 4) is 11.1 Å². The lowest BCUT2D eigenvalue weighted by Gasteiger charge is -2.37. The van der Waals surface area contributed by atoms with Gasteiger partial charge in [-0.25, -0.2) is 4.79 Å². The van der Waals surface area contributed by atoms with E-state index in [0.717, 1.165) is 40.4 Å². The third-order valence-corrected chi connectivity index (χ3v) is 8.50. The van der Waals surface area contributed by atoms with Gasteiger partial charge in [-0.3, -0.25) is 10.1 Å². The molecular formula is C33H35N3O3. The number of amides is 1. The zero-order valence-corrected chi connectivity index (χ0v) is 22.0. The Morgan fingerprint density at radius 3 is 2.31 bits per heavy atom. The number of benzene rings is 3. The number of nitrogens with one attached hydrogen (secondary N) is 3. The molecule has 6 heteroatoms. The van der Waals surface area contributed by atoms with Crippen LogP contribution < -0.4 is 10.6 Å². The van der Waals surface area contributed by atoms with Crippen LogP contribution in [-0.4, -0.2) is 34.1 Å². The normalized spacial score (nSPS) is 20.3. The molecule has 0 spiro atoms. The number of hydrogen-bond donors (Lipinski definition) is 4. The van der Waals surface area contributed by atoms with Crippen LogP contribution in [0.1, 0.15) is 55.0 Å². The molecule has 3 aromatic carbocycles. The van der Waals surface area contributed by atoms with Crippen molar-refractivity contribution in [1.29, 1.82) is 0 Å². The number of carbonyl (C=O) groups is 2. The molecule has 0 bridgehead atoms. The highest BCUT2D eigenvalue weighted by molar-refractivity contribution is 5.90. The van der Waals surface area contributed by atoms with Crippen LogP contribution in [0.15, 0.2) is 78.9 Å². The first kappa shape index (κ1) is 25.4. The average Bonchev–Trinajstić information content (AvgIpc) is 3.36. The number of aromatic nitrogens is 1. The molecule has 2 heterocycles. The topological polar surface area (TPSA) is 94.2 Å². The van der Waals surface area contributed by atoms with Gasteiger partial charge in [-0.05, 0) is 53.5 Å². The molecular weight excluding hydrogens is 486 g/mol. The molecule has 6 nitrogen and oxygen atoms in total. The fraction of sp³-hybridized carbons (Fsp3) is 0.333. The summed E-state index contributed by atoms with van der Waals surface area (Å²) in [6, 6.07) is 24.8. The molecule has 2 aliphatic rings. The van der Waals surface area contributed by atoms with Gasteiger partial charge < -0.3 is 15.4 Å². The molecule has 3 atom stereocenters. The van der Waals surface area contributed by atoms with Gasteiger partial charge in [0, 0.05) is 23.0 Å². The Hall–Kier alpha value is -3.90. The predicted octanol–water partition coefficient (Wildman–Crippen LogP) is 5.78. The van der Waals surface area contributed by atoms with Gasteiger partial charge in [-0.2, -0.15) is 0 Å². The number of carboxylic acid groups (broad SMARTS) is 1. The summed E-state index contributed by atoms with van der Waals surface area (Å²) in [5.74, 6) is -0.817. The Morgan fingerprint density at radius 1 is 0.872 bits per heavy atom. The van der Waals surface area contributed by atoms with E-state index in [0.29, 0.717) is 12.3 Å². The maximum absolute atomic E-state index is 13.6. The Bertz CT molecular complexity index is 1450. The summed E-state index contributed by atoms with van der Waals surface area (Å²) in [4.78, 5) is 29.4. The zero-order valence-electron chi connectivity index (χ0n) is 22.0. The summed E-state index contributed by atoms with van der Waals surface area (Å²) in [5.41, 5.74) is 6.53. The van der Waals surface area contributed by atoms with E-state index in [9.17, 15) is 14.7 Å². The summed E-state index contributed by atoms with van der Waals surface area (Å²) in [6.45, 7) is 0. The van der Waals surface area contributed by atoms with Crippen LogP contribution in [0, 0.1) is 5.92 Å². The minimum Gasteiger partial charge on any atom is -0.480 e. The minimum absolute atomic E-state index is 0.0611. The lowest BCUT2D eigenvalue weighted by Crippen LogP contribution is -2.55. The molecule has 0 radical (unpaired) electrons. The molecule has 6 rings (SSSR count). The summed E-state index contributed by atoms with van der Waals surface area (Å²) < 4.78 is 0. The quantitative estimate of drug-likeness (QED) is 0.248. The minimum atomic E-state index is -1.03. The first-order valence-electron chi connectivity index (χ1n) is 14.1. The molecule has 1 aliphatic carbocycles. The molecule has 1 aliphatic heterocycles. The van der Waals surface area contributed by atoms with Gasteiger partial charge in [0.25, 0.3) is 0 Å². The van der Waals surface area contributed by atoms with Crippen LogP contribution in [0.2, 0.25) is 0 Å². The molecule has 1 unspecified atom stereocenters. The second-order valence-corrected chi connectivity index (χ2v) is 11.0. The number of para-hydroxylation sites is 1. The summed E-state index contributed by atoms with van der Waals surface area (Å²) in [6.07, 6.45) is 6.72. The van der Waals surface area contributed by atoms with Crippen LogP contribution in [-0.2, 0) is 22.4 Å². The van der Waals surface area contributed by atoms with Crippen molar-refractivity contribution in [2.75, 3.05) is 0 Å². The Balaban J connectivity index is 1.20. The van der Waals surface area contributed by atoms with E-state index in [1.807, 2.05) is 66.7 Å². The Kier molecular flexibility index (Phi) is 7.20. The number of H-pyrrole nitrogens is 1. The van der Waals surface area contributed by atoms with Crippen LogP contribution >= 0.6 is 0 Å². The molecule has 200 valence electrons. The van der Waals surface area contributed by atoms with Crippen molar-refractivity contribution >= 4 is 22.8 Å². The van der Waals surface area contributed by atoms with Gasteiger partial charge in [0.15, 0.2) is 0 Å². The van der Waals surface area contributed by atoms with Crippen LogP contribution in [0.4, 0.5) is 0 Å². The second-order valence-electron chi connectivity index (χ2n) is 11.0. The molecule has 39 heavy (non-hydrogen) atoms. The zero-order chi connectivity index (χ0) is 26.8. The van der Waals surface area contributed by atoms with E-state index in [1.165, 1.54) is 30.5 Å². The molecule has 0 saturated heterocycles. The van der Waals surface area contributed by atoms with Gasteiger partial charge in [0.1, 0.15) is 6.04 Å². The van der Waals surface area contributed by atoms with Crippen molar-refractivity contribution < 1.29 is 14.7 Å². The Labute approximate surface area is 228 Å². The van der Waals surface area contributed by atoms with Crippen molar-refractivity contribution in [3.63, 3.8) is 0 Å². The maximum Gasteiger partial charge on any atom is 0.326 e. The number of carbonyl (C=O) groups excluding carboxylic acids is 1. The van der Waals surface area contributed by atoms with Crippen molar-refractivity contribution in [2.24, 2.45) is 5.92 Å². The van der Waals surface area contributed by atoms with Crippen LogP contribution in [0.3, 0.4) is 0 Å². The number of aromatic amines is 1. The highest BCUT2D eigenvalue weighted by Gasteiger charge is 2.38. The summed E-state index contributed by atoms with van der Waals surface area (Å²) >= 11 is 0. The summed E-state index contributed by atoms with van der Waals surface area (Å²) in [5, 5.41) is 17.7. The summed E-state index contributed by atoms with van der Waals surface area (Å²) in [7, 11) is 0.